The second-order valence-electron chi connectivity index (χ2n) is 3.64. The summed E-state index contributed by atoms with van der Waals surface area (Å²) in [6.45, 7) is 5.80. The monoisotopic (exact) mass is 168 g/mol. The number of aryl methyl sites for hydroxylation is 1. The van der Waals surface area contributed by atoms with Gasteiger partial charge in [0.15, 0.2) is 0 Å². The van der Waals surface area contributed by atoms with E-state index in [0.717, 1.165) is 5.69 Å². The maximum atomic E-state index is 10.1. The van der Waals surface area contributed by atoms with Gasteiger partial charge in [0.25, 0.3) is 0 Å². The van der Waals surface area contributed by atoms with Gasteiger partial charge in [-0.15, -0.1) is 0 Å². The molecule has 0 amide bonds. The Morgan fingerprint density at radius 2 is 2.17 bits per heavy atom. The van der Waals surface area contributed by atoms with E-state index in [0.29, 0.717) is 0 Å². The highest BCUT2D eigenvalue weighted by Gasteiger charge is 2.29. The molecular formula is C9H16N2O. The van der Waals surface area contributed by atoms with E-state index in [9.17, 15) is 5.11 Å². The molecule has 1 heterocycles. The van der Waals surface area contributed by atoms with Crippen molar-refractivity contribution < 1.29 is 5.11 Å². The predicted molar refractivity (Wildman–Crippen MR) is 47.6 cm³/mol. The summed E-state index contributed by atoms with van der Waals surface area (Å²) in [5, 5.41) is 14.1. The van der Waals surface area contributed by atoms with E-state index < -0.39 is 5.60 Å². The van der Waals surface area contributed by atoms with E-state index in [1.54, 1.807) is 10.9 Å². The van der Waals surface area contributed by atoms with E-state index in [4.69, 9.17) is 0 Å². The van der Waals surface area contributed by atoms with Gasteiger partial charge in [0.2, 0.25) is 0 Å². The summed E-state index contributed by atoms with van der Waals surface area (Å²) in [5.41, 5.74) is 0.0723. The molecule has 1 unspecified atom stereocenters. The third-order valence-corrected chi connectivity index (χ3v) is 2.46. The molecule has 1 rings (SSSR count). The van der Waals surface area contributed by atoms with Gasteiger partial charge in [0.1, 0.15) is 5.60 Å². The number of hydrogen-bond acceptors (Lipinski definition) is 2. The van der Waals surface area contributed by atoms with Gasteiger partial charge in [-0.3, -0.25) is 4.68 Å². The minimum absolute atomic E-state index is 0.188. The fraction of sp³-hybridized carbons (Fsp3) is 0.667. The predicted octanol–water partition coefficient (Wildman–Crippen LogP) is 1.28. The molecule has 1 aromatic heterocycles. The number of aliphatic hydroxyl groups is 1. The van der Waals surface area contributed by atoms with Crippen molar-refractivity contribution in [2.75, 3.05) is 0 Å². The molecule has 0 aliphatic heterocycles. The maximum absolute atomic E-state index is 10.1. The number of rotatable bonds is 2. The van der Waals surface area contributed by atoms with E-state index in [2.05, 4.69) is 5.10 Å². The molecule has 0 aliphatic carbocycles. The van der Waals surface area contributed by atoms with Crippen LogP contribution in [0.5, 0.6) is 0 Å². The zero-order valence-electron chi connectivity index (χ0n) is 8.07. The zero-order valence-corrected chi connectivity index (χ0v) is 8.07. The Kier molecular flexibility index (Phi) is 2.24. The summed E-state index contributed by atoms with van der Waals surface area (Å²) >= 11 is 0. The first kappa shape index (κ1) is 9.26. The Hall–Kier alpha value is -0.830. The van der Waals surface area contributed by atoms with E-state index >= 15 is 0 Å². The van der Waals surface area contributed by atoms with Crippen molar-refractivity contribution >= 4 is 0 Å². The van der Waals surface area contributed by atoms with Crippen molar-refractivity contribution in [1.29, 1.82) is 0 Å². The number of aromatic nitrogens is 2. The third-order valence-electron chi connectivity index (χ3n) is 2.46. The molecule has 3 heteroatoms. The molecule has 12 heavy (non-hydrogen) atoms. The summed E-state index contributed by atoms with van der Waals surface area (Å²) in [6.07, 6.45) is 1.70. The third kappa shape index (κ3) is 1.37. The molecule has 1 aromatic rings. The van der Waals surface area contributed by atoms with Crippen LogP contribution < -0.4 is 0 Å². The van der Waals surface area contributed by atoms with Crippen LogP contribution in [0.25, 0.3) is 0 Å². The van der Waals surface area contributed by atoms with E-state index in [-0.39, 0.29) is 5.92 Å². The summed E-state index contributed by atoms with van der Waals surface area (Å²) in [4.78, 5) is 0. The lowest BCUT2D eigenvalue weighted by Crippen LogP contribution is -2.30. The molecule has 0 aliphatic rings. The van der Waals surface area contributed by atoms with Gasteiger partial charge in [0, 0.05) is 13.2 Å². The topological polar surface area (TPSA) is 38.1 Å². The first-order chi connectivity index (χ1) is 5.46. The van der Waals surface area contributed by atoms with Crippen molar-refractivity contribution in [3.8, 4) is 0 Å². The highest BCUT2D eigenvalue weighted by molar-refractivity contribution is 5.10. The Bertz CT molecular complexity index is 263. The van der Waals surface area contributed by atoms with Crippen LogP contribution in [0.4, 0.5) is 0 Å². The molecule has 1 atom stereocenters. The Labute approximate surface area is 73.0 Å². The SMILES string of the molecule is CC(C)C(C)(O)c1ccnn1C. The van der Waals surface area contributed by atoms with Crippen molar-refractivity contribution in [2.45, 2.75) is 26.4 Å². The first-order valence-electron chi connectivity index (χ1n) is 4.17. The highest BCUT2D eigenvalue weighted by atomic mass is 16.3. The van der Waals surface area contributed by atoms with Gasteiger partial charge in [-0.1, -0.05) is 13.8 Å². The largest absolute Gasteiger partial charge is 0.384 e. The normalized spacial score (nSPS) is 16.5. The van der Waals surface area contributed by atoms with Crippen LogP contribution >= 0.6 is 0 Å². The van der Waals surface area contributed by atoms with Gasteiger partial charge in [-0.25, -0.2) is 0 Å². The van der Waals surface area contributed by atoms with Gasteiger partial charge >= 0.3 is 0 Å². The van der Waals surface area contributed by atoms with Crippen LogP contribution in [0.1, 0.15) is 26.5 Å². The molecule has 0 saturated heterocycles. The summed E-state index contributed by atoms with van der Waals surface area (Å²) in [7, 11) is 1.84. The lowest BCUT2D eigenvalue weighted by Gasteiger charge is -2.27. The van der Waals surface area contributed by atoms with Crippen LogP contribution in [-0.2, 0) is 12.6 Å². The average Bonchev–Trinajstić information content (AvgIpc) is 2.35. The van der Waals surface area contributed by atoms with Gasteiger partial charge < -0.3 is 5.11 Å². The molecule has 0 radical (unpaired) electrons. The summed E-state index contributed by atoms with van der Waals surface area (Å²) < 4.78 is 1.71. The van der Waals surface area contributed by atoms with Crippen LogP contribution in [0, 0.1) is 5.92 Å². The number of hydrogen-bond donors (Lipinski definition) is 1. The maximum Gasteiger partial charge on any atom is 0.106 e. The molecule has 0 bridgehead atoms. The van der Waals surface area contributed by atoms with E-state index in [1.807, 2.05) is 33.9 Å². The zero-order chi connectivity index (χ0) is 9.35. The Balaban J connectivity index is 3.05. The lowest BCUT2D eigenvalue weighted by molar-refractivity contribution is 0.00140. The second kappa shape index (κ2) is 2.90. The van der Waals surface area contributed by atoms with Crippen LogP contribution in [0.2, 0.25) is 0 Å². The fourth-order valence-corrected chi connectivity index (χ4v) is 1.17. The van der Waals surface area contributed by atoms with Crippen molar-refractivity contribution in [2.24, 2.45) is 13.0 Å². The molecule has 3 nitrogen and oxygen atoms in total. The molecule has 0 saturated carbocycles. The minimum atomic E-state index is -0.786. The van der Waals surface area contributed by atoms with Crippen LogP contribution in [-0.4, -0.2) is 14.9 Å². The fourth-order valence-electron chi connectivity index (χ4n) is 1.17. The molecule has 0 spiro atoms. The molecule has 68 valence electrons. The standard InChI is InChI=1S/C9H16N2O/c1-7(2)9(3,12)8-5-6-10-11(8)4/h5-7,12H,1-4H3. The molecule has 0 aromatic carbocycles. The average molecular weight is 168 g/mol. The Morgan fingerprint density at radius 3 is 2.50 bits per heavy atom. The molecule has 1 N–H and O–H groups in total. The molecular weight excluding hydrogens is 152 g/mol. The van der Waals surface area contributed by atoms with Gasteiger partial charge in [-0.2, -0.15) is 5.10 Å². The highest BCUT2D eigenvalue weighted by Crippen LogP contribution is 2.27. The van der Waals surface area contributed by atoms with Crippen molar-refractivity contribution in [1.82, 2.24) is 9.78 Å². The minimum Gasteiger partial charge on any atom is -0.384 e. The van der Waals surface area contributed by atoms with Crippen LogP contribution in [0.3, 0.4) is 0 Å². The first-order valence-corrected chi connectivity index (χ1v) is 4.17. The van der Waals surface area contributed by atoms with Gasteiger partial charge in [-0.05, 0) is 18.9 Å². The van der Waals surface area contributed by atoms with Crippen LogP contribution in [0.15, 0.2) is 12.3 Å². The quantitative estimate of drug-likeness (QED) is 0.722. The number of nitrogens with zero attached hydrogens (tertiary/aromatic N) is 2. The van der Waals surface area contributed by atoms with E-state index in [1.165, 1.54) is 0 Å². The Morgan fingerprint density at radius 1 is 1.58 bits per heavy atom. The lowest BCUT2D eigenvalue weighted by atomic mass is 9.89. The summed E-state index contributed by atoms with van der Waals surface area (Å²) in [6, 6.07) is 1.85. The molecule has 0 fully saturated rings. The smallest absolute Gasteiger partial charge is 0.106 e. The van der Waals surface area contributed by atoms with Gasteiger partial charge in [0.05, 0.1) is 5.69 Å². The summed E-state index contributed by atoms with van der Waals surface area (Å²) in [5.74, 6) is 0.188. The second-order valence-corrected chi connectivity index (χ2v) is 3.64. The van der Waals surface area contributed by atoms with Crippen molar-refractivity contribution in [3.63, 3.8) is 0 Å². The van der Waals surface area contributed by atoms with Crippen molar-refractivity contribution in [3.05, 3.63) is 18.0 Å².